The van der Waals surface area contributed by atoms with Gasteiger partial charge in [-0.15, -0.1) is 0 Å². The van der Waals surface area contributed by atoms with E-state index in [0.29, 0.717) is 17.7 Å². The minimum Gasteiger partial charge on any atom is -0.337 e. The summed E-state index contributed by atoms with van der Waals surface area (Å²) in [5.41, 5.74) is 2.63. The van der Waals surface area contributed by atoms with E-state index in [4.69, 9.17) is 0 Å². The molecule has 0 unspecified atom stereocenters. The van der Waals surface area contributed by atoms with Gasteiger partial charge < -0.3 is 4.90 Å². The number of carbonyl (C=O) groups is 1. The average Bonchev–Trinajstić information content (AvgIpc) is 3.29. The topological polar surface area (TPSA) is 84.3 Å². The molecule has 0 aliphatic heterocycles. The summed E-state index contributed by atoms with van der Waals surface area (Å²) in [5.74, 6) is -0.890. The Labute approximate surface area is 197 Å². The third-order valence-electron chi connectivity index (χ3n) is 5.24. The molecule has 3 aromatic carbocycles. The van der Waals surface area contributed by atoms with Gasteiger partial charge >= 0.3 is 0 Å². The highest BCUT2D eigenvalue weighted by atomic mass is 32.2. The second-order valence-corrected chi connectivity index (χ2v) is 9.57. The lowest BCUT2D eigenvalue weighted by molar-refractivity contribution is 0.0785. The van der Waals surface area contributed by atoms with Crippen LogP contribution in [0.3, 0.4) is 0 Å². The van der Waals surface area contributed by atoms with Crippen molar-refractivity contribution in [1.29, 1.82) is 0 Å². The third-order valence-corrected chi connectivity index (χ3v) is 6.62. The standard InChI is InChI=1S/C25H23FN4O3S/c1-18-11-12-23(14-24(18)26)34(32,33)28-21-8-6-7-20(13-21)25(31)29(2)16-19-15-27-30(17-19)22-9-4-3-5-10-22/h3-15,17,28H,16H2,1-2H3. The van der Waals surface area contributed by atoms with Crippen LogP contribution in [0.5, 0.6) is 0 Å². The monoisotopic (exact) mass is 478 g/mol. The predicted molar refractivity (Wildman–Crippen MR) is 128 cm³/mol. The average molecular weight is 479 g/mol. The van der Waals surface area contributed by atoms with Crippen molar-refractivity contribution in [2.75, 3.05) is 11.8 Å². The Hall–Kier alpha value is -3.98. The van der Waals surface area contributed by atoms with Gasteiger partial charge in [0.05, 0.1) is 16.8 Å². The van der Waals surface area contributed by atoms with Crippen LogP contribution in [0.15, 0.2) is 90.1 Å². The van der Waals surface area contributed by atoms with Crippen LogP contribution in [-0.4, -0.2) is 36.1 Å². The fraction of sp³-hybridized carbons (Fsp3) is 0.120. The summed E-state index contributed by atoms with van der Waals surface area (Å²) in [4.78, 5) is 14.3. The maximum Gasteiger partial charge on any atom is 0.261 e. The molecule has 34 heavy (non-hydrogen) atoms. The first kappa shape index (κ1) is 23.2. The highest BCUT2D eigenvalue weighted by molar-refractivity contribution is 7.92. The van der Waals surface area contributed by atoms with Gasteiger partial charge in [-0.2, -0.15) is 5.10 Å². The summed E-state index contributed by atoms with van der Waals surface area (Å²) in [5, 5.41) is 4.34. The summed E-state index contributed by atoms with van der Waals surface area (Å²) in [6.07, 6.45) is 3.55. The Balaban J connectivity index is 1.47. The minimum absolute atomic E-state index is 0.195. The van der Waals surface area contributed by atoms with E-state index in [1.165, 1.54) is 29.2 Å². The normalized spacial score (nSPS) is 11.3. The number of para-hydroxylation sites is 1. The number of rotatable bonds is 7. The van der Waals surface area contributed by atoms with Crippen LogP contribution in [0, 0.1) is 12.7 Å². The van der Waals surface area contributed by atoms with Crippen LogP contribution >= 0.6 is 0 Å². The molecule has 0 aliphatic rings. The Bertz CT molecular complexity index is 1440. The van der Waals surface area contributed by atoms with Gasteiger partial charge in [0, 0.05) is 36.6 Å². The molecule has 0 radical (unpaired) electrons. The van der Waals surface area contributed by atoms with Gasteiger partial charge in [-0.25, -0.2) is 17.5 Å². The van der Waals surface area contributed by atoms with Crippen LogP contribution in [0.4, 0.5) is 10.1 Å². The molecule has 1 aromatic heterocycles. The lowest BCUT2D eigenvalue weighted by atomic mass is 10.1. The number of hydrogen-bond donors (Lipinski definition) is 1. The molecule has 4 aromatic rings. The zero-order valence-electron chi connectivity index (χ0n) is 18.6. The summed E-state index contributed by atoms with van der Waals surface area (Å²) in [6.45, 7) is 1.88. The number of benzene rings is 3. The Kier molecular flexibility index (Phi) is 6.47. The SMILES string of the molecule is Cc1ccc(S(=O)(=O)Nc2cccc(C(=O)N(C)Cc3cnn(-c4ccccc4)c3)c2)cc1F. The van der Waals surface area contributed by atoms with Crippen molar-refractivity contribution in [1.82, 2.24) is 14.7 Å². The van der Waals surface area contributed by atoms with Crippen LogP contribution in [0.1, 0.15) is 21.5 Å². The van der Waals surface area contributed by atoms with Gasteiger partial charge in [-0.1, -0.05) is 30.3 Å². The van der Waals surface area contributed by atoms with Crippen molar-refractivity contribution in [3.05, 3.63) is 108 Å². The molecule has 0 spiro atoms. The molecule has 7 nitrogen and oxygen atoms in total. The molecule has 1 amide bonds. The Morgan fingerprint density at radius 1 is 1.06 bits per heavy atom. The van der Waals surface area contributed by atoms with Crippen LogP contribution in [0.2, 0.25) is 0 Å². The van der Waals surface area contributed by atoms with Crippen molar-refractivity contribution < 1.29 is 17.6 Å². The van der Waals surface area contributed by atoms with Gasteiger partial charge in [-0.3, -0.25) is 9.52 Å². The number of aryl methyl sites for hydroxylation is 1. The lowest BCUT2D eigenvalue weighted by Crippen LogP contribution is -2.26. The number of nitrogens with zero attached hydrogens (tertiary/aromatic N) is 3. The molecular weight excluding hydrogens is 455 g/mol. The van der Waals surface area contributed by atoms with E-state index in [0.717, 1.165) is 17.3 Å². The smallest absolute Gasteiger partial charge is 0.261 e. The fourth-order valence-electron chi connectivity index (χ4n) is 3.40. The number of sulfonamides is 1. The number of anilines is 1. The minimum atomic E-state index is -4.01. The summed E-state index contributed by atoms with van der Waals surface area (Å²) in [7, 11) is -2.35. The molecule has 0 aliphatic carbocycles. The maximum atomic E-state index is 13.8. The molecule has 0 fully saturated rings. The summed E-state index contributed by atoms with van der Waals surface area (Å²) < 4.78 is 43.3. The zero-order chi connectivity index (χ0) is 24.3. The molecule has 174 valence electrons. The molecule has 0 saturated carbocycles. The van der Waals surface area contributed by atoms with Crippen LogP contribution in [0.25, 0.3) is 5.69 Å². The largest absolute Gasteiger partial charge is 0.337 e. The number of carbonyl (C=O) groups excluding carboxylic acids is 1. The molecule has 4 rings (SSSR count). The maximum absolute atomic E-state index is 13.8. The number of aromatic nitrogens is 2. The van der Waals surface area contributed by atoms with E-state index in [9.17, 15) is 17.6 Å². The quantitative estimate of drug-likeness (QED) is 0.427. The number of halogens is 1. The van der Waals surface area contributed by atoms with E-state index >= 15 is 0 Å². The number of hydrogen-bond acceptors (Lipinski definition) is 4. The summed E-state index contributed by atoms with van der Waals surface area (Å²) >= 11 is 0. The van der Waals surface area contributed by atoms with Crippen molar-refractivity contribution in [3.63, 3.8) is 0 Å². The lowest BCUT2D eigenvalue weighted by Gasteiger charge is -2.17. The van der Waals surface area contributed by atoms with E-state index in [-0.39, 0.29) is 16.5 Å². The highest BCUT2D eigenvalue weighted by Crippen LogP contribution is 2.20. The van der Waals surface area contributed by atoms with E-state index < -0.39 is 15.8 Å². The van der Waals surface area contributed by atoms with E-state index in [1.807, 2.05) is 36.5 Å². The highest BCUT2D eigenvalue weighted by Gasteiger charge is 2.18. The molecule has 1 N–H and O–H groups in total. The van der Waals surface area contributed by atoms with Crippen molar-refractivity contribution in [2.45, 2.75) is 18.4 Å². The molecule has 0 atom stereocenters. The van der Waals surface area contributed by atoms with Gasteiger partial charge in [0.15, 0.2) is 0 Å². The number of nitrogens with one attached hydrogen (secondary N) is 1. The first-order chi connectivity index (χ1) is 16.2. The first-order valence-electron chi connectivity index (χ1n) is 10.5. The van der Waals surface area contributed by atoms with Gasteiger partial charge in [0.25, 0.3) is 15.9 Å². The van der Waals surface area contributed by atoms with Gasteiger partial charge in [0.2, 0.25) is 0 Å². The third kappa shape index (κ3) is 5.15. The van der Waals surface area contributed by atoms with Crippen molar-refractivity contribution >= 4 is 21.6 Å². The molecule has 9 heteroatoms. The fourth-order valence-corrected chi connectivity index (χ4v) is 4.46. The first-order valence-corrected chi connectivity index (χ1v) is 11.9. The predicted octanol–water partition coefficient (Wildman–Crippen LogP) is 4.39. The number of amides is 1. The Morgan fingerprint density at radius 3 is 2.56 bits per heavy atom. The van der Waals surface area contributed by atoms with E-state index in [2.05, 4.69) is 9.82 Å². The van der Waals surface area contributed by atoms with Crippen LogP contribution in [-0.2, 0) is 16.6 Å². The second kappa shape index (κ2) is 9.48. The van der Waals surface area contributed by atoms with Crippen molar-refractivity contribution in [2.24, 2.45) is 0 Å². The molecule has 1 heterocycles. The molecule has 0 saturated heterocycles. The molecule has 0 bridgehead atoms. The summed E-state index contributed by atoms with van der Waals surface area (Å²) in [6, 6.07) is 19.5. The van der Waals surface area contributed by atoms with Gasteiger partial charge in [-0.05, 0) is 55.0 Å². The van der Waals surface area contributed by atoms with E-state index in [1.54, 1.807) is 37.0 Å². The second-order valence-electron chi connectivity index (χ2n) is 7.89. The van der Waals surface area contributed by atoms with Crippen molar-refractivity contribution in [3.8, 4) is 5.69 Å². The van der Waals surface area contributed by atoms with Crippen LogP contribution < -0.4 is 4.72 Å². The molecular formula is C25H23FN4O3S. The Morgan fingerprint density at radius 2 is 1.82 bits per heavy atom. The zero-order valence-corrected chi connectivity index (χ0v) is 19.5. The van der Waals surface area contributed by atoms with Gasteiger partial charge in [0.1, 0.15) is 5.82 Å².